The number of likely N-dealkylation sites (tertiary alicyclic amines) is 1. The third-order valence-electron chi connectivity index (χ3n) is 6.86. The Morgan fingerprint density at radius 2 is 1.69 bits per heavy atom. The zero-order valence-electron chi connectivity index (χ0n) is 17.4. The number of amides is 1. The summed E-state index contributed by atoms with van der Waals surface area (Å²) in [4.78, 5) is 31.8. The normalized spacial score (nSPS) is 23.5. The summed E-state index contributed by atoms with van der Waals surface area (Å²) in [5.41, 5.74) is 1.89. The number of imidazole rings is 1. The van der Waals surface area contributed by atoms with Crippen molar-refractivity contribution in [3.63, 3.8) is 0 Å². The molecule has 1 atom stereocenters. The number of aromatic nitrogens is 4. The molecule has 1 amide bonds. The molecule has 0 aliphatic carbocycles. The van der Waals surface area contributed by atoms with E-state index >= 15 is 0 Å². The van der Waals surface area contributed by atoms with Crippen LogP contribution in [0.3, 0.4) is 0 Å². The number of aryl methyl sites for hydroxylation is 2. The van der Waals surface area contributed by atoms with E-state index in [9.17, 15) is 4.79 Å². The van der Waals surface area contributed by atoms with Gasteiger partial charge >= 0.3 is 0 Å². The van der Waals surface area contributed by atoms with E-state index in [1.807, 2.05) is 0 Å². The molecule has 0 bridgehead atoms. The maximum absolute atomic E-state index is 13.2. The van der Waals surface area contributed by atoms with Crippen molar-refractivity contribution < 1.29 is 4.79 Å². The molecule has 7 heteroatoms. The van der Waals surface area contributed by atoms with Crippen molar-refractivity contribution >= 4 is 22.9 Å². The summed E-state index contributed by atoms with van der Waals surface area (Å²) in [6.07, 6.45) is 13.2. The maximum Gasteiger partial charge on any atom is 0.227 e. The van der Waals surface area contributed by atoms with Gasteiger partial charge in [-0.05, 0) is 38.5 Å². The Hall–Kier alpha value is -2.18. The maximum atomic E-state index is 13.2. The lowest BCUT2D eigenvalue weighted by atomic mass is 9.96. The molecule has 2 aromatic heterocycles. The first-order valence-corrected chi connectivity index (χ1v) is 11.5. The number of hydrogen-bond donors (Lipinski definition) is 0. The number of hydrogen-bond acceptors (Lipinski definition) is 5. The van der Waals surface area contributed by atoms with Crippen LogP contribution >= 0.6 is 0 Å². The van der Waals surface area contributed by atoms with Crippen LogP contribution in [0.25, 0.3) is 11.2 Å². The smallest absolute Gasteiger partial charge is 0.227 e. The predicted octanol–water partition coefficient (Wildman–Crippen LogP) is 3.17. The van der Waals surface area contributed by atoms with Gasteiger partial charge < -0.3 is 14.4 Å². The Kier molecular flexibility index (Phi) is 5.38. The summed E-state index contributed by atoms with van der Waals surface area (Å²) < 4.78 is 2.29. The molecule has 0 N–H and O–H groups in total. The van der Waals surface area contributed by atoms with E-state index in [0.29, 0.717) is 5.91 Å². The first kappa shape index (κ1) is 18.8. The highest BCUT2D eigenvalue weighted by molar-refractivity contribution is 5.85. The molecule has 0 radical (unpaired) electrons. The largest absolute Gasteiger partial charge is 0.354 e. The van der Waals surface area contributed by atoms with Crippen LogP contribution in [-0.4, -0.2) is 56.5 Å². The first-order chi connectivity index (χ1) is 14.3. The molecule has 3 aliphatic rings. The zero-order chi connectivity index (χ0) is 19.6. The molecule has 3 aliphatic heterocycles. The minimum atomic E-state index is 0.0762. The second-order valence-corrected chi connectivity index (χ2v) is 8.88. The van der Waals surface area contributed by atoms with Crippen molar-refractivity contribution in [3.05, 3.63) is 12.2 Å². The number of piperidine rings is 1. The van der Waals surface area contributed by atoms with E-state index in [0.717, 1.165) is 87.6 Å². The Morgan fingerprint density at radius 3 is 2.55 bits per heavy atom. The lowest BCUT2D eigenvalue weighted by Gasteiger charge is -2.35. The minimum absolute atomic E-state index is 0.0762. The predicted molar refractivity (Wildman–Crippen MR) is 113 cm³/mol. The zero-order valence-corrected chi connectivity index (χ0v) is 17.4. The van der Waals surface area contributed by atoms with Crippen LogP contribution < -0.4 is 4.90 Å². The van der Waals surface area contributed by atoms with Crippen LogP contribution in [0.15, 0.2) is 6.33 Å². The fourth-order valence-electron chi connectivity index (χ4n) is 5.28. The highest BCUT2D eigenvalue weighted by Gasteiger charge is 2.31. The van der Waals surface area contributed by atoms with Crippen molar-refractivity contribution in [1.82, 2.24) is 24.4 Å². The Morgan fingerprint density at radius 1 is 0.897 bits per heavy atom. The van der Waals surface area contributed by atoms with Gasteiger partial charge in [0.05, 0.1) is 5.92 Å². The second kappa shape index (κ2) is 8.28. The molecule has 0 aromatic carbocycles. The van der Waals surface area contributed by atoms with E-state index < -0.39 is 0 Å². The summed E-state index contributed by atoms with van der Waals surface area (Å²) in [5.74, 6) is 2.49. The van der Waals surface area contributed by atoms with E-state index in [4.69, 9.17) is 4.98 Å². The molecule has 0 spiro atoms. The van der Waals surface area contributed by atoms with Crippen molar-refractivity contribution in [1.29, 1.82) is 0 Å². The van der Waals surface area contributed by atoms with Crippen LogP contribution in [-0.2, 0) is 17.8 Å². The molecular formula is C22H32N6O. The number of carbonyl (C=O) groups excluding carboxylic acids is 1. The summed E-state index contributed by atoms with van der Waals surface area (Å²) in [5, 5.41) is 0. The number of carbonyl (C=O) groups is 1. The van der Waals surface area contributed by atoms with Crippen molar-refractivity contribution in [2.24, 2.45) is 5.92 Å². The third kappa shape index (κ3) is 3.71. The fraction of sp³-hybridized carbons (Fsp3) is 0.727. The summed E-state index contributed by atoms with van der Waals surface area (Å²) in [7, 11) is 0. The summed E-state index contributed by atoms with van der Waals surface area (Å²) in [6, 6.07) is 0. The number of nitrogens with zero attached hydrogens (tertiary/aromatic N) is 6. The van der Waals surface area contributed by atoms with E-state index in [-0.39, 0.29) is 5.92 Å². The van der Waals surface area contributed by atoms with Crippen LogP contribution in [0.1, 0.15) is 63.6 Å². The topological polar surface area (TPSA) is 67.2 Å². The average molecular weight is 397 g/mol. The number of fused-ring (bicyclic) bond motifs is 3. The molecule has 29 heavy (non-hydrogen) atoms. The van der Waals surface area contributed by atoms with Gasteiger partial charge in [-0.15, -0.1) is 0 Å². The van der Waals surface area contributed by atoms with Crippen LogP contribution in [0.4, 0.5) is 5.82 Å². The van der Waals surface area contributed by atoms with Crippen LogP contribution in [0.2, 0.25) is 0 Å². The van der Waals surface area contributed by atoms with E-state index in [1.165, 1.54) is 32.1 Å². The van der Waals surface area contributed by atoms with Crippen LogP contribution in [0.5, 0.6) is 0 Å². The lowest BCUT2D eigenvalue weighted by Crippen LogP contribution is -2.45. The highest BCUT2D eigenvalue weighted by atomic mass is 16.2. The SMILES string of the molecule is O=C([C@H]1CCCN(c2ncnc3c2nc2n3CCCCC2)C1)N1CCCCCC1. The van der Waals surface area contributed by atoms with E-state index in [2.05, 4.69) is 24.3 Å². The molecule has 0 saturated carbocycles. The van der Waals surface area contributed by atoms with Gasteiger partial charge in [0.1, 0.15) is 12.2 Å². The molecule has 2 saturated heterocycles. The minimum Gasteiger partial charge on any atom is -0.354 e. The van der Waals surface area contributed by atoms with Gasteiger partial charge in [-0.1, -0.05) is 19.3 Å². The van der Waals surface area contributed by atoms with Crippen molar-refractivity contribution in [2.75, 3.05) is 31.1 Å². The van der Waals surface area contributed by atoms with Gasteiger partial charge in [0, 0.05) is 39.1 Å². The van der Waals surface area contributed by atoms with Gasteiger partial charge in [-0.3, -0.25) is 4.79 Å². The Balaban J connectivity index is 1.39. The monoisotopic (exact) mass is 396 g/mol. The first-order valence-electron chi connectivity index (χ1n) is 11.5. The molecule has 156 valence electrons. The van der Waals surface area contributed by atoms with E-state index in [1.54, 1.807) is 6.33 Å². The van der Waals surface area contributed by atoms with Crippen molar-refractivity contribution in [2.45, 2.75) is 70.8 Å². The summed E-state index contributed by atoms with van der Waals surface area (Å²) >= 11 is 0. The number of rotatable bonds is 2. The molecule has 7 nitrogen and oxygen atoms in total. The molecule has 0 unspecified atom stereocenters. The standard InChI is InChI=1S/C22H32N6O/c29-22(26-11-5-1-2-6-12-26)17-9-8-13-27(15-17)20-19-21(24-16-23-20)28-14-7-3-4-10-18(28)25-19/h16-17H,1-15H2/t17-/m0/s1. The van der Waals surface area contributed by atoms with Gasteiger partial charge in [-0.2, -0.15) is 0 Å². The molecular weight excluding hydrogens is 364 g/mol. The molecule has 5 rings (SSSR count). The van der Waals surface area contributed by atoms with Gasteiger partial charge in [-0.25, -0.2) is 15.0 Å². The quantitative estimate of drug-likeness (QED) is 0.780. The molecule has 2 fully saturated rings. The molecule has 5 heterocycles. The fourth-order valence-corrected chi connectivity index (χ4v) is 5.28. The Labute approximate surface area is 172 Å². The summed E-state index contributed by atoms with van der Waals surface area (Å²) in [6.45, 7) is 4.56. The van der Waals surface area contributed by atoms with Crippen LogP contribution in [0, 0.1) is 5.92 Å². The lowest BCUT2D eigenvalue weighted by molar-refractivity contribution is -0.135. The second-order valence-electron chi connectivity index (χ2n) is 8.88. The average Bonchev–Trinajstić information content (AvgIpc) is 2.97. The highest BCUT2D eigenvalue weighted by Crippen LogP contribution is 2.30. The van der Waals surface area contributed by atoms with Gasteiger partial charge in [0.25, 0.3) is 0 Å². The van der Waals surface area contributed by atoms with Gasteiger partial charge in [0.2, 0.25) is 5.91 Å². The van der Waals surface area contributed by atoms with Crippen molar-refractivity contribution in [3.8, 4) is 0 Å². The molecule has 2 aromatic rings. The van der Waals surface area contributed by atoms with Gasteiger partial charge in [0.15, 0.2) is 17.0 Å². The third-order valence-corrected chi connectivity index (χ3v) is 6.86. The Bertz CT molecular complexity index is 870. The number of anilines is 1.